The summed E-state index contributed by atoms with van der Waals surface area (Å²) in [6, 6.07) is 3.17. The molecule has 0 saturated heterocycles. The number of halogens is 4. The van der Waals surface area contributed by atoms with E-state index in [-0.39, 0.29) is 17.6 Å². The highest BCUT2D eigenvalue weighted by molar-refractivity contribution is 7.19. The highest BCUT2D eigenvalue weighted by Crippen LogP contribution is 2.26. The molecule has 1 N–H and O–H groups in total. The minimum absolute atomic E-state index is 0.0591. The molecule has 1 aromatic carbocycles. The summed E-state index contributed by atoms with van der Waals surface area (Å²) in [5.41, 5.74) is 0.339. The van der Waals surface area contributed by atoms with Crippen molar-refractivity contribution in [1.29, 1.82) is 0 Å². The van der Waals surface area contributed by atoms with Crippen molar-refractivity contribution >= 4 is 34.2 Å². The topological polar surface area (TPSA) is 56.1 Å². The van der Waals surface area contributed by atoms with E-state index in [0.29, 0.717) is 16.7 Å². The van der Waals surface area contributed by atoms with Gasteiger partial charge in [-0.2, -0.15) is 0 Å². The van der Waals surface area contributed by atoms with Crippen molar-refractivity contribution in [2.24, 2.45) is 5.92 Å². The number of anilines is 1. The van der Waals surface area contributed by atoms with Crippen molar-refractivity contribution in [3.05, 3.63) is 63.5 Å². The van der Waals surface area contributed by atoms with E-state index < -0.39 is 29.1 Å². The first-order chi connectivity index (χ1) is 13.7. The SMILES string of the molecule is CC(C)Cc1cc(OC(=O)Nc2ncc(Cl)s2)n(Cc2c(F)ccc(F)c2F)c1. The molecule has 1 amide bonds. The van der Waals surface area contributed by atoms with E-state index in [1.54, 1.807) is 12.3 Å². The van der Waals surface area contributed by atoms with Gasteiger partial charge in [0.25, 0.3) is 0 Å². The lowest BCUT2D eigenvalue weighted by molar-refractivity contribution is 0.211. The number of rotatable bonds is 6. The van der Waals surface area contributed by atoms with E-state index in [2.05, 4.69) is 10.3 Å². The Morgan fingerprint density at radius 1 is 1.31 bits per heavy atom. The number of nitrogens with one attached hydrogen (secondary N) is 1. The van der Waals surface area contributed by atoms with Gasteiger partial charge in [-0.3, -0.25) is 5.32 Å². The molecule has 0 bridgehead atoms. The first kappa shape index (κ1) is 21.2. The van der Waals surface area contributed by atoms with E-state index >= 15 is 0 Å². The lowest BCUT2D eigenvalue weighted by atomic mass is 10.1. The van der Waals surface area contributed by atoms with Gasteiger partial charge in [-0.15, -0.1) is 0 Å². The molecule has 10 heteroatoms. The normalized spacial score (nSPS) is 11.1. The van der Waals surface area contributed by atoms with E-state index in [1.165, 1.54) is 10.8 Å². The number of hydrogen-bond acceptors (Lipinski definition) is 4. The fraction of sp³-hybridized carbons (Fsp3) is 0.263. The minimum Gasteiger partial charge on any atom is -0.393 e. The van der Waals surface area contributed by atoms with Crippen molar-refractivity contribution < 1.29 is 22.7 Å². The Hall–Kier alpha value is -2.52. The zero-order valence-corrected chi connectivity index (χ0v) is 17.1. The number of thiazole rings is 1. The maximum Gasteiger partial charge on any atom is 0.420 e. The Morgan fingerprint density at radius 2 is 2.03 bits per heavy atom. The monoisotopic (exact) mass is 443 g/mol. The Morgan fingerprint density at radius 3 is 2.69 bits per heavy atom. The molecule has 29 heavy (non-hydrogen) atoms. The van der Waals surface area contributed by atoms with Gasteiger partial charge < -0.3 is 9.30 Å². The van der Waals surface area contributed by atoms with E-state index in [9.17, 15) is 18.0 Å². The summed E-state index contributed by atoms with van der Waals surface area (Å²) in [5.74, 6) is -2.97. The first-order valence-corrected chi connectivity index (χ1v) is 9.84. The molecule has 3 aromatic rings. The first-order valence-electron chi connectivity index (χ1n) is 8.64. The van der Waals surface area contributed by atoms with E-state index in [0.717, 1.165) is 29.0 Å². The zero-order chi connectivity index (χ0) is 21.1. The third-order valence-electron chi connectivity index (χ3n) is 3.91. The molecule has 2 heterocycles. The standard InChI is InChI=1S/C19H17ClF3N3O2S/c1-10(2)5-11-6-16(28-19(27)25-18-24-7-15(20)29-18)26(8-11)9-12-13(21)3-4-14(22)17(12)23/h3-4,6-8,10H,5,9H2,1-2H3,(H,24,25,27). The van der Waals surface area contributed by atoms with Crippen LogP contribution in [0, 0.1) is 23.4 Å². The molecule has 0 spiro atoms. The molecule has 0 aliphatic heterocycles. The fourth-order valence-corrected chi connectivity index (χ4v) is 3.54. The van der Waals surface area contributed by atoms with Crippen molar-refractivity contribution in [1.82, 2.24) is 9.55 Å². The number of aromatic nitrogens is 2. The second kappa shape index (κ2) is 8.87. The largest absolute Gasteiger partial charge is 0.420 e. The Kier molecular flexibility index (Phi) is 6.49. The second-order valence-corrected chi connectivity index (χ2v) is 8.38. The molecule has 2 aromatic heterocycles. The van der Waals surface area contributed by atoms with Crippen LogP contribution in [0.2, 0.25) is 4.34 Å². The maximum absolute atomic E-state index is 14.1. The van der Waals surface area contributed by atoms with Crippen molar-refractivity contribution in [3.63, 3.8) is 0 Å². The molecule has 5 nitrogen and oxygen atoms in total. The van der Waals surface area contributed by atoms with E-state index in [1.807, 2.05) is 13.8 Å². The summed E-state index contributed by atoms with van der Waals surface area (Å²) in [6.45, 7) is 3.66. The van der Waals surface area contributed by atoms with Gasteiger partial charge in [0.1, 0.15) is 10.2 Å². The zero-order valence-electron chi connectivity index (χ0n) is 15.5. The van der Waals surface area contributed by atoms with Gasteiger partial charge in [0.15, 0.2) is 16.8 Å². The molecule has 0 unspecified atom stereocenters. The smallest absolute Gasteiger partial charge is 0.393 e. The molecule has 154 valence electrons. The van der Waals surface area contributed by atoms with Crippen LogP contribution < -0.4 is 10.1 Å². The van der Waals surface area contributed by atoms with Crippen LogP contribution in [0.1, 0.15) is 25.0 Å². The van der Waals surface area contributed by atoms with Crippen LogP contribution in [0.4, 0.5) is 23.1 Å². The Labute approximate surface area is 174 Å². The number of benzene rings is 1. The number of carbonyl (C=O) groups is 1. The average Bonchev–Trinajstić information content (AvgIpc) is 3.20. The third-order valence-corrected chi connectivity index (χ3v) is 4.94. The van der Waals surface area contributed by atoms with Crippen LogP contribution in [0.25, 0.3) is 0 Å². The average molecular weight is 444 g/mol. The molecule has 0 fully saturated rings. The van der Waals surface area contributed by atoms with Crippen LogP contribution in [0.3, 0.4) is 0 Å². The van der Waals surface area contributed by atoms with Gasteiger partial charge in [0.2, 0.25) is 5.88 Å². The highest BCUT2D eigenvalue weighted by atomic mass is 35.5. The second-order valence-electron chi connectivity index (χ2n) is 6.72. The molecule has 3 rings (SSSR count). The molecule has 0 radical (unpaired) electrons. The lowest BCUT2D eigenvalue weighted by Crippen LogP contribution is -2.18. The van der Waals surface area contributed by atoms with Gasteiger partial charge >= 0.3 is 6.09 Å². The van der Waals surface area contributed by atoms with Gasteiger partial charge in [-0.1, -0.05) is 36.8 Å². The third kappa shape index (κ3) is 5.30. The van der Waals surface area contributed by atoms with Crippen molar-refractivity contribution in [3.8, 4) is 5.88 Å². The van der Waals surface area contributed by atoms with Crippen molar-refractivity contribution in [2.45, 2.75) is 26.8 Å². The number of hydrogen-bond donors (Lipinski definition) is 1. The number of amides is 1. The summed E-state index contributed by atoms with van der Waals surface area (Å²) < 4.78 is 48.7. The van der Waals surface area contributed by atoms with Gasteiger partial charge in [-0.05, 0) is 30.0 Å². The summed E-state index contributed by atoms with van der Waals surface area (Å²) >= 11 is 6.82. The van der Waals surface area contributed by atoms with Crippen LogP contribution in [0.5, 0.6) is 5.88 Å². The van der Waals surface area contributed by atoms with Crippen LogP contribution in [-0.2, 0) is 13.0 Å². The maximum atomic E-state index is 14.1. The minimum atomic E-state index is -1.28. The Bertz CT molecular complexity index is 1040. The number of ether oxygens (including phenoxy) is 1. The van der Waals surface area contributed by atoms with Crippen LogP contribution in [0.15, 0.2) is 30.6 Å². The summed E-state index contributed by atoms with van der Waals surface area (Å²) in [4.78, 5) is 16.1. The fourth-order valence-electron chi connectivity index (χ4n) is 2.74. The Balaban J connectivity index is 1.86. The van der Waals surface area contributed by atoms with Crippen LogP contribution >= 0.6 is 22.9 Å². The lowest BCUT2D eigenvalue weighted by Gasteiger charge is -2.11. The number of nitrogens with zero attached hydrogens (tertiary/aromatic N) is 2. The van der Waals surface area contributed by atoms with Gasteiger partial charge in [-0.25, -0.2) is 22.9 Å². The molecule has 0 saturated carbocycles. The predicted octanol–water partition coefficient (Wildman–Crippen LogP) is 5.87. The van der Waals surface area contributed by atoms with Crippen molar-refractivity contribution in [2.75, 3.05) is 5.32 Å². The molecule has 0 atom stereocenters. The highest BCUT2D eigenvalue weighted by Gasteiger charge is 2.19. The molecular formula is C19H17ClF3N3O2S. The summed E-state index contributed by atoms with van der Waals surface area (Å²) in [5, 5.41) is 2.66. The number of carbonyl (C=O) groups excluding carboxylic acids is 1. The van der Waals surface area contributed by atoms with E-state index in [4.69, 9.17) is 16.3 Å². The van der Waals surface area contributed by atoms with Gasteiger partial charge in [0.05, 0.1) is 12.7 Å². The quantitative estimate of drug-likeness (QED) is 0.484. The van der Waals surface area contributed by atoms with Crippen LogP contribution in [-0.4, -0.2) is 15.6 Å². The van der Waals surface area contributed by atoms with Gasteiger partial charge in [0, 0.05) is 17.8 Å². The summed E-state index contributed by atoms with van der Waals surface area (Å²) in [7, 11) is 0. The summed E-state index contributed by atoms with van der Waals surface area (Å²) in [6.07, 6.45) is 2.81. The predicted molar refractivity (Wildman–Crippen MR) is 105 cm³/mol. The molecule has 0 aliphatic rings. The molecular weight excluding hydrogens is 427 g/mol. The molecule has 0 aliphatic carbocycles.